The van der Waals surface area contributed by atoms with E-state index in [-0.39, 0.29) is 11.0 Å². The molecule has 2 aromatic heterocycles. The molecular weight excluding hydrogens is 371 g/mol. The van der Waals surface area contributed by atoms with Gasteiger partial charge in [0.1, 0.15) is 6.54 Å². The molecule has 1 aliphatic heterocycles. The molecule has 1 saturated heterocycles. The van der Waals surface area contributed by atoms with Gasteiger partial charge in [0, 0.05) is 19.3 Å². The lowest BCUT2D eigenvalue weighted by Crippen LogP contribution is -2.25. The summed E-state index contributed by atoms with van der Waals surface area (Å²) in [5.41, 5.74) is 1.78. The van der Waals surface area contributed by atoms with Crippen molar-refractivity contribution in [1.29, 1.82) is 0 Å². The van der Waals surface area contributed by atoms with Gasteiger partial charge in [-0.05, 0) is 31.0 Å². The Morgan fingerprint density at radius 3 is 2.64 bits per heavy atom. The molecule has 1 amide bonds. The first kappa shape index (κ1) is 18.3. The molecule has 146 valence electrons. The minimum absolute atomic E-state index is 0.196. The van der Waals surface area contributed by atoms with E-state index in [1.165, 1.54) is 18.3 Å². The average Bonchev–Trinajstić information content (AvgIpc) is 3.30. The maximum Gasteiger partial charge on any atom is 0.449 e. The molecule has 3 heterocycles. The number of aromatic nitrogens is 3. The van der Waals surface area contributed by atoms with E-state index < -0.39 is 24.5 Å². The Morgan fingerprint density at radius 2 is 1.89 bits per heavy atom. The third kappa shape index (κ3) is 3.51. The summed E-state index contributed by atoms with van der Waals surface area (Å²) < 4.78 is 41.1. The average molecular weight is 389 g/mol. The van der Waals surface area contributed by atoms with Gasteiger partial charge in [-0.25, -0.2) is 4.98 Å². The number of benzene rings is 1. The van der Waals surface area contributed by atoms with Crippen molar-refractivity contribution in [1.82, 2.24) is 14.5 Å². The highest BCUT2D eigenvalue weighted by Crippen LogP contribution is 2.32. The van der Waals surface area contributed by atoms with E-state index in [1.54, 1.807) is 24.4 Å². The van der Waals surface area contributed by atoms with Crippen LogP contribution in [0.1, 0.15) is 18.7 Å². The van der Waals surface area contributed by atoms with E-state index in [9.17, 15) is 18.0 Å². The fourth-order valence-corrected chi connectivity index (χ4v) is 3.50. The highest BCUT2D eigenvalue weighted by Gasteiger charge is 2.38. The molecule has 28 heavy (non-hydrogen) atoms. The molecule has 1 N–H and O–H groups in total. The topological polar surface area (TPSA) is 63.1 Å². The lowest BCUT2D eigenvalue weighted by atomic mass is 10.3. The van der Waals surface area contributed by atoms with E-state index in [4.69, 9.17) is 0 Å². The van der Waals surface area contributed by atoms with Crippen LogP contribution in [-0.2, 0) is 17.5 Å². The van der Waals surface area contributed by atoms with Crippen LogP contribution < -0.4 is 10.2 Å². The minimum atomic E-state index is -4.66. The Hall–Kier alpha value is -3.10. The van der Waals surface area contributed by atoms with Gasteiger partial charge in [-0.2, -0.15) is 13.2 Å². The number of nitrogens with one attached hydrogen (secondary N) is 1. The number of halogens is 3. The summed E-state index contributed by atoms with van der Waals surface area (Å²) in [5, 5.41) is 2.71. The lowest BCUT2D eigenvalue weighted by molar-refractivity contribution is -0.147. The number of nitrogens with zero attached hydrogens (tertiary/aromatic N) is 4. The van der Waals surface area contributed by atoms with Gasteiger partial charge in [-0.1, -0.05) is 12.1 Å². The van der Waals surface area contributed by atoms with Crippen LogP contribution >= 0.6 is 0 Å². The van der Waals surface area contributed by atoms with Crippen molar-refractivity contribution in [3.8, 4) is 0 Å². The third-order valence-electron chi connectivity index (χ3n) is 4.73. The summed E-state index contributed by atoms with van der Waals surface area (Å²) in [5.74, 6) is -1.66. The zero-order valence-corrected chi connectivity index (χ0v) is 14.9. The molecule has 0 unspecified atom stereocenters. The number of hydrogen-bond donors (Lipinski definition) is 1. The summed E-state index contributed by atoms with van der Waals surface area (Å²) >= 11 is 0. The monoisotopic (exact) mass is 389 g/mol. The number of para-hydroxylation sites is 2. The highest BCUT2D eigenvalue weighted by molar-refractivity contribution is 5.94. The molecule has 1 fully saturated rings. The molecule has 0 atom stereocenters. The van der Waals surface area contributed by atoms with Crippen molar-refractivity contribution in [2.45, 2.75) is 25.6 Å². The number of hydrogen-bond acceptors (Lipinski definition) is 4. The standard InChI is InChI=1S/C19H18F3N5O/c20-19(21,22)18-25-13-5-1-2-6-16(13)27(18)12-17(28)24-14-11-23-8-7-15(14)26-9-3-4-10-26/h1-2,5-8,11H,3-4,9-10,12H2,(H,24,28). The zero-order chi connectivity index (χ0) is 19.7. The van der Waals surface area contributed by atoms with Gasteiger partial charge >= 0.3 is 6.18 Å². The molecule has 3 aromatic rings. The number of carbonyl (C=O) groups is 1. The van der Waals surface area contributed by atoms with Crippen LogP contribution in [-0.4, -0.2) is 33.5 Å². The van der Waals surface area contributed by atoms with Crippen LogP contribution in [0.5, 0.6) is 0 Å². The Bertz CT molecular complexity index is 1010. The number of imidazole rings is 1. The van der Waals surface area contributed by atoms with E-state index in [0.29, 0.717) is 5.69 Å². The molecule has 0 bridgehead atoms. The number of pyridine rings is 1. The highest BCUT2D eigenvalue weighted by atomic mass is 19.4. The molecule has 4 rings (SSSR count). The van der Waals surface area contributed by atoms with Crippen LogP contribution in [0.4, 0.5) is 24.5 Å². The number of rotatable bonds is 4. The van der Waals surface area contributed by atoms with Crippen molar-refractivity contribution in [3.63, 3.8) is 0 Å². The molecule has 0 saturated carbocycles. The second kappa shape index (κ2) is 7.14. The van der Waals surface area contributed by atoms with Crippen molar-refractivity contribution in [3.05, 3.63) is 48.5 Å². The maximum atomic E-state index is 13.4. The fraction of sp³-hybridized carbons (Fsp3) is 0.316. The van der Waals surface area contributed by atoms with Gasteiger partial charge in [-0.3, -0.25) is 9.78 Å². The third-order valence-corrected chi connectivity index (χ3v) is 4.73. The molecule has 1 aliphatic rings. The summed E-state index contributed by atoms with van der Waals surface area (Å²) in [7, 11) is 0. The fourth-order valence-electron chi connectivity index (χ4n) is 3.50. The SMILES string of the molecule is O=C(Cn1c(C(F)(F)F)nc2ccccc21)Nc1cnccc1N1CCCC1. The van der Waals surface area contributed by atoms with Crippen LogP contribution in [0.3, 0.4) is 0 Å². The van der Waals surface area contributed by atoms with Gasteiger partial charge in [-0.15, -0.1) is 0 Å². The van der Waals surface area contributed by atoms with Crippen molar-refractivity contribution in [2.75, 3.05) is 23.3 Å². The Morgan fingerprint density at radius 1 is 1.14 bits per heavy atom. The van der Waals surface area contributed by atoms with E-state index >= 15 is 0 Å². The molecule has 0 spiro atoms. The molecule has 0 radical (unpaired) electrons. The largest absolute Gasteiger partial charge is 0.449 e. The smallest absolute Gasteiger partial charge is 0.370 e. The van der Waals surface area contributed by atoms with E-state index in [2.05, 4.69) is 20.2 Å². The van der Waals surface area contributed by atoms with Gasteiger partial charge in [0.15, 0.2) is 0 Å². The summed E-state index contributed by atoms with van der Waals surface area (Å²) in [6.45, 7) is 1.25. The van der Waals surface area contributed by atoms with Crippen LogP contribution in [0.15, 0.2) is 42.7 Å². The van der Waals surface area contributed by atoms with E-state index in [1.807, 2.05) is 0 Å². The van der Waals surface area contributed by atoms with Gasteiger partial charge in [0.05, 0.1) is 28.6 Å². The lowest BCUT2D eigenvalue weighted by Gasteiger charge is -2.21. The van der Waals surface area contributed by atoms with Crippen molar-refractivity contribution >= 4 is 28.3 Å². The Labute approximate surface area is 159 Å². The number of fused-ring (bicyclic) bond motifs is 1. The Balaban J connectivity index is 1.62. The quantitative estimate of drug-likeness (QED) is 0.739. The van der Waals surface area contributed by atoms with Gasteiger partial charge < -0.3 is 14.8 Å². The van der Waals surface area contributed by atoms with Gasteiger partial charge in [0.25, 0.3) is 0 Å². The van der Waals surface area contributed by atoms with Crippen LogP contribution in [0, 0.1) is 0 Å². The summed E-state index contributed by atoms with van der Waals surface area (Å²) in [6.07, 6.45) is 0.613. The minimum Gasteiger partial charge on any atom is -0.370 e. The molecule has 0 aliphatic carbocycles. The summed E-state index contributed by atoms with van der Waals surface area (Å²) in [4.78, 5) is 22.4. The summed E-state index contributed by atoms with van der Waals surface area (Å²) in [6, 6.07) is 8.04. The van der Waals surface area contributed by atoms with Crippen LogP contribution in [0.2, 0.25) is 0 Å². The molecule has 1 aromatic carbocycles. The predicted molar refractivity (Wildman–Crippen MR) is 99.0 cm³/mol. The second-order valence-corrected chi connectivity index (χ2v) is 6.64. The number of anilines is 2. The van der Waals surface area contributed by atoms with Gasteiger partial charge in [0.2, 0.25) is 11.7 Å². The van der Waals surface area contributed by atoms with E-state index in [0.717, 1.165) is 36.2 Å². The number of carbonyl (C=O) groups excluding carboxylic acids is 1. The number of amides is 1. The van der Waals surface area contributed by atoms with Crippen molar-refractivity contribution in [2.24, 2.45) is 0 Å². The molecule has 6 nitrogen and oxygen atoms in total. The Kier molecular flexibility index (Phi) is 4.66. The molecular formula is C19H18F3N5O. The van der Waals surface area contributed by atoms with Crippen molar-refractivity contribution < 1.29 is 18.0 Å². The zero-order valence-electron chi connectivity index (χ0n) is 14.9. The molecule has 9 heteroatoms. The first-order valence-electron chi connectivity index (χ1n) is 8.95. The first-order chi connectivity index (χ1) is 13.4. The first-order valence-corrected chi connectivity index (χ1v) is 8.95. The normalized spacial score (nSPS) is 14.6. The predicted octanol–water partition coefficient (Wildman–Crippen LogP) is 3.69. The second-order valence-electron chi connectivity index (χ2n) is 6.64. The van der Waals surface area contributed by atoms with Crippen LogP contribution in [0.25, 0.3) is 11.0 Å². The number of alkyl halides is 3. The maximum absolute atomic E-state index is 13.4.